The van der Waals surface area contributed by atoms with Crippen molar-refractivity contribution in [1.29, 1.82) is 0 Å². The summed E-state index contributed by atoms with van der Waals surface area (Å²) in [5, 5.41) is -0.344. The average Bonchev–Trinajstić information content (AvgIpc) is 2.36. The topological polar surface area (TPSA) is 22.1 Å². The van der Waals surface area contributed by atoms with Crippen molar-refractivity contribution in [3.8, 4) is 5.88 Å². The zero-order chi connectivity index (χ0) is 14.8. The van der Waals surface area contributed by atoms with Gasteiger partial charge in [-0.2, -0.15) is 13.2 Å². The van der Waals surface area contributed by atoms with E-state index < -0.39 is 17.6 Å². The number of pyridine rings is 1. The number of benzene rings is 1. The van der Waals surface area contributed by atoms with E-state index in [0.717, 1.165) is 0 Å². The highest BCUT2D eigenvalue weighted by Crippen LogP contribution is 2.32. The van der Waals surface area contributed by atoms with Gasteiger partial charge in [-0.3, -0.25) is 0 Å². The molecule has 0 saturated carbocycles. The second kappa shape index (κ2) is 5.66. The second-order valence-electron chi connectivity index (χ2n) is 3.89. The molecule has 2 aromatic rings. The van der Waals surface area contributed by atoms with Gasteiger partial charge in [0.25, 0.3) is 0 Å². The van der Waals surface area contributed by atoms with Crippen molar-refractivity contribution in [2.75, 3.05) is 0 Å². The molecule has 0 N–H and O–H groups in total. The molecule has 0 atom stereocenters. The second-order valence-corrected chi connectivity index (χ2v) is 4.28. The summed E-state index contributed by atoms with van der Waals surface area (Å²) >= 11 is 5.50. The Hall–Kier alpha value is -1.82. The Morgan fingerprint density at radius 1 is 1.15 bits per heavy atom. The molecular formula is C13H8ClF4NO. The monoisotopic (exact) mass is 305 g/mol. The maximum absolute atomic E-state index is 13.3. The number of nitrogens with zero attached hydrogens (tertiary/aromatic N) is 1. The van der Waals surface area contributed by atoms with Gasteiger partial charge in [0.1, 0.15) is 17.6 Å². The summed E-state index contributed by atoms with van der Waals surface area (Å²) < 4.78 is 56.1. The number of ether oxygens (including phenoxy) is 1. The predicted molar refractivity (Wildman–Crippen MR) is 65.0 cm³/mol. The van der Waals surface area contributed by atoms with Gasteiger partial charge in [-0.1, -0.05) is 29.8 Å². The number of hydrogen-bond acceptors (Lipinski definition) is 2. The molecule has 106 valence electrons. The summed E-state index contributed by atoms with van der Waals surface area (Å²) in [5.74, 6) is -0.821. The molecule has 2 rings (SSSR count). The number of alkyl halides is 3. The summed E-state index contributed by atoms with van der Waals surface area (Å²) in [6.45, 7) is -0.239. The van der Waals surface area contributed by atoms with E-state index in [0.29, 0.717) is 12.1 Å². The Morgan fingerprint density at radius 2 is 1.85 bits per heavy atom. The summed E-state index contributed by atoms with van der Waals surface area (Å²) in [5.41, 5.74) is -0.760. The van der Waals surface area contributed by atoms with Crippen molar-refractivity contribution < 1.29 is 22.3 Å². The van der Waals surface area contributed by atoms with Crippen LogP contribution in [0.2, 0.25) is 5.15 Å². The highest BCUT2D eigenvalue weighted by Gasteiger charge is 2.31. The highest BCUT2D eigenvalue weighted by atomic mass is 35.5. The van der Waals surface area contributed by atoms with Crippen molar-refractivity contribution >= 4 is 11.6 Å². The van der Waals surface area contributed by atoms with Crippen LogP contribution >= 0.6 is 11.6 Å². The van der Waals surface area contributed by atoms with Crippen molar-refractivity contribution in [2.24, 2.45) is 0 Å². The summed E-state index contributed by atoms with van der Waals surface area (Å²) in [4.78, 5) is 3.61. The summed E-state index contributed by atoms with van der Waals surface area (Å²) in [6, 6.07) is 7.19. The van der Waals surface area contributed by atoms with Gasteiger partial charge in [-0.15, -0.1) is 0 Å². The molecule has 7 heteroatoms. The van der Waals surface area contributed by atoms with E-state index in [1.54, 1.807) is 6.07 Å². The third kappa shape index (κ3) is 3.60. The number of aromatic nitrogens is 1. The maximum Gasteiger partial charge on any atom is 0.416 e. The van der Waals surface area contributed by atoms with Crippen LogP contribution in [0.25, 0.3) is 0 Å². The van der Waals surface area contributed by atoms with Gasteiger partial charge in [0.2, 0.25) is 5.88 Å². The molecule has 20 heavy (non-hydrogen) atoms. The minimum atomic E-state index is -4.55. The molecular weight excluding hydrogens is 298 g/mol. The first-order chi connectivity index (χ1) is 9.36. The smallest absolute Gasteiger partial charge is 0.416 e. The minimum absolute atomic E-state index is 0.211. The lowest BCUT2D eigenvalue weighted by atomic mass is 10.2. The molecule has 2 nitrogen and oxygen atoms in total. The van der Waals surface area contributed by atoms with Crippen molar-refractivity contribution in [2.45, 2.75) is 12.8 Å². The fraction of sp³-hybridized carbons (Fsp3) is 0.154. The molecule has 1 heterocycles. The SMILES string of the molecule is Fc1ccccc1COc1cc(C(F)(F)F)cc(Cl)n1. The molecule has 0 radical (unpaired) electrons. The van der Waals surface area contributed by atoms with Crippen LogP contribution in [0.15, 0.2) is 36.4 Å². The van der Waals surface area contributed by atoms with Crippen LogP contribution < -0.4 is 4.74 Å². The van der Waals surface area contributed by atoms with Gasteiger partial charge < -0.3 is 4.74 Å². The number of halogens is 5. The highest BCUT2D eigenvalue weighted by molar-refractivity contribution is 6.29. The largest absolute Gasteiger partial charge is 0.473 e. The van der Waals surface area contributed by atoms with E-state index in [1.807, 2.05) is 0 Å². The van der Waals surface area contributed by atoms with Crippen LogP contribution in [0, 0.1) is 5.82 Å². The van der Waals surface area contributed by atoms with Crippen LogP contribution in [-0.4, -0.2) is 4.98 Å². The zero-order valence-electron chi connectivity index (χ0n) is 9.92. The van der Waals surface area contributed by atoms with Crippen LogP contribution in [0.4, 0.5) is 17.6 Å². The molecule has 0 aliphatic heterocycles. The summed E-state index contributed by atoms with van der Waals surface area (Å²) in [6.07, 6.45) is -4.55. The number of rotatable bonds is 3. The van der Waals surface area contributed by atoms with E-state index in [1.165, 1.54) is 18.2 Å². The molecule has 0 fully saturated rings. The molecule has 1 aromatic carbocycles. The van der Waals surface area contributed by atoms with Gasteiger partial charge in [0.05, 0.1) is 5.56 Å². The Labute approximate surface area is 117 Å². The van der Waals surface area contributed by atoms with Crippen LogP contribution in [0.1, 0.15) is 11.1 Å². The Bertz CT molecular complexity index is 616. The normalized spacial score (nSPS) is 11.4. The fourth-order valence-electron chi connectivity index (χ4n) is 1.48. The quantitative estimate of drug-likeness (QED) is 0.616. The molecule has 0 aliphatic carbocycles. The zero-order valence-corrected chi connectivity index (χ0v) is 10.7. The van der Waals surface area contributed by atoms with Crippen molar-refractivity contribution in [3.63, 3.8) is 0 Å². The summed E-state index contributed by atoms with van der Waals surface area (Å²) in [7, 11) is 0. The maximum atomic E-state index is 13.3. The lowest BCUT2D eigenvalue weighted by Gasteiger charge is -2.10. The van der Waals surface area contributed by atoms with E-state index >= 15 is 0 Å². The molecule has 0 bridgehead atoms. The van der Waals surface area contributed by atoms with E-state index in [4.69, 9.17) is 16.3 Å². The Morgan fingerprint density at radius 3 is 2.50 bits per heavy atom. The lowest BCUT2D eigenvalue weighted by Crippen LogP contribution is -2.07. The van der Waals surface area contributed by atoms with Gasteiger partial charge in [-0.05, 0) is 12.1 Å². The molecule has 0 spiro atoms. The first kappa shape index (κ1) is 14.6. The van der Waals surface area contributed by atoms with Gasteiger partial charge in [0.15, 0.2) is 0 Å². The first-order valence-electron chi connectivity index (χ1n) is 5.47. The van der Waals surface area contributed by atoms with Crippen molar-refractivity contribution in [1.82, 2.24) is 4.98 Å². The predicted octanol–water partition coefficient (Wildman–Crippen LogP) is 4.47. The van der Waals surface area contributed by atoms with E-state index in [-0.39, 0.29) is 23.2 Å². The van der Waals surface area contributed by atoms with E-state index in [9.17, 15) is 17.6 Å². The van der Waals surface area contributed by atoms with Gasteiger partial charge >= 0.3 is 6.18 Å². The molecule has 0 saturated heterocycles. The fourth-order valence-corrected chi connectivity index (χ4v) is 1.68. The van der Waals surface area contributed by atoms with Gasteiger partial charge in [-0.25, -0.2) is 9.37 Å². The molecule has 0 unspecified atom stereocenters. The molecule has 0 amide bonds. The number of hydrogen-bond donors (Lipinski definition) is 0. The van der Waals surface area contributed by atoms with Gasteiger partial charge in [0, 0.05) is 11.6 Å². The van der Waals surface area contributed by atoms with Crippen molar-refractivity contribution in [3.05, 3.63) is 58.5 Å². The lowest BCUT2D eigenvalue weighted by molar-refractivity contribution is -0.137. The first-order valence-corrected chi connectivity index (χ1v) is 5.85. The molecule has 1 aromatic heterocycles. The van der Waals surface area contributed by atoms with Crippen LogP contribution in [0.5, 0.6) is 5.88 Å². The average molecular weight is 306 g/mol. The van der Waals surface area contributed by atoms with Crippen LogP contribution in [0.3, 0.4) is 0 Å². The Kier molecular flexibility index (Phi) is 4.13. The molecule has 0 aliphatic rings. The standard InChI is InChI=1S/C13H8ClF4NO/c14-11-5-9(13(16,17)18)6-12(19-11)20-7-8-3-1-2-4-10(8)15/h1-6H,7H2. The van der Waals surface area contributed by atoms with Crippen LogP contribution in [-0.2, 0) is 12.8 Å². The third-order valence-electron chi connectivity index (χ3n) is 2.43. The van der Waals surface area contributed by atoms with E-state index in [2.05, 4.69) is 4.98 Å². The third-order valence-corrected chi connectivity index (χ3v) is 2.62. The Balaban J connectivity index is 2.18. The minimum Gasteiger partial charge on any atom is -0.473 e.